The number of aromatic nitrogens is 4. The number of H-pyrrole nitrogens is 1. The van der Waals surface area contributed by atoms with E-state index in [0.29, 0.717) is 28.8 Å². The monoisotopic (exact) mass is 422 g/mol. The van der Waals surface area contributed by atoms with E-state index in [1.807, 2.05) is 26.1 Å². The minimum atomic E-state index is -4.52. The van der Waals surface area contributed by atoms with Crippen LogP contribution in [0, 0.1) is 0 Å². The van der Waals surface area contributed by atoms with Crippen LogP contribution in [0.4, 0.5) is 18.9 Å². The first-order valence-corrected chi connectivity index (χ1v) is 9.26. The third-order valence-electron chi connectivity index (χ3n) is 4.35. The second kappa shape index (κ2) is 8.17. The lowest BCUT2D eigenvalue weighted by molar-refractivity contribution is -0.123. The van der Waals surface area contributed by atoms with Gasteiger partial charge >= 0.3 is 6.18 Å². The van der Waals surface area contributed by atoms with Crippen molar-refractivity contribution in [1.82, 2.24) is 25.1 Å². The molecular weight excluding hydrogens is 401 g/mol. The number of nitrogens with zero attached hydrogens (tertiary/aromatic N) is 4. The number of nitrogens with one attached hydrogen (secondary N) is 2. The van der Waals surface area contributed by atoms with E-state index >= 15 is 0 Å². The van der Waals surface area contributed by atoms with Crippen molar-refractivity contribution in [2.45, 2.75) is 39.4 Å². The van der Waals surface area contributed by atoms with Crippen LogP contribution in [0.1, 0.15) is 49.2 Å². The molecule has 11 heteroatoms. The summed E-state index contributed by atoms with van der Waals surface area (Å²) in [7, 11) is 0. The molecule has 0 saturated heterocycles. The molecular formula is C19H21F3N6O2. The van der Waals surface area contributed by atoms with E-state index < -0.39 is 18.6 Å². The van der Waals surface area contributed by atoms with Crippen LogP contribution in [0.3, 0.4) is 0 Å². The quantitative estimate of drug-likeness (QED) is 0.524. The normalized spacial score (nSPS) is 12.7. The molecule has 0 fully saturated rings. The number of halogens is 3. The molecule has 3 rings (SSSR count). The fraction of sp³-hybridized carbons (Fsp3) is 0.368. The molecule has 8 nitrogen and oxygen atoms in total. The molecule has 3 heterocycles. The number of amides is 1. The van der Waals surface area contributed by atoms with Crippen molar-refractivity contribution in [3.05, 3.63) is 35.8 Å². The summed E-state index contributed by atoms with van der Waals surface area (Å²) in [6.45, 7) is 4.35. The summed E-state index contributed by atoms with van der Waals surface area (Å²) < 4.78 is 38.9. The van der Waals surface area contributed by atoms with Gasteiger partial charge in [0.25, 0.3) is 5.91 Å². The first kappa shape index (κ1) is 21.3. The molecule has 0 saturated carbocycles. The number of aliphatic imine (C=N–C) groups is 1. The smallest absolute Gasteiger partial charge is 0.405 e. The van der Waals surface area contributed by atoms with Crippen molar-refractivity contribution < 1.29 is 23.1 Å². The second-order valence-corrected chi connectivity index (χ2v) is 6.95. The average Bonchev–Trinajstić information content (AvgIpc) is 3.27. The van der Waals surface area contributed by atoms with E-state index in [4.69, 9.17) is 0 Å². The van der Waals surface area contributed by atoms with Crippen LogP contribution in [0.2, 0.25) is 0 Å². The summed E-state index contributed by atoms with van der Waals surface area (Å²) in [5.41, 5.74) is 1.66. The van der Waals surface area contributed by atoms with Crippen LogP contribution in [0.15, 0.2) is 29.6 Å². The number of pyridine rings is 1. The Labute approximate surface area is 169 Å². The summed E-state index contributed by atoms with van der Waals surface area (Å²) in [5, 5.41) is 16.8. The Morgan fingerprint density at radius 3 is 2.70 bits per heavy atom. The van der Waals surface area contributed by atoms with Gasteiger partial charge in [0, 0.05) is 17.6 Å². The van der Waals surface area contributed by atoms with Gasteiger partial charge in [0.2, 0.25) is 0 Å². The predicted octanol–water partition coefficient (Wildman–Crippen LogP) is 3.87. The molecule has 160 valence electrons. The van der Waals surface area contributed by atoms with Crippen molar-refractivity contribution in [1.29, 1.82) is 0 Å². The number of rotatable bonds is 6. The standard InChI is InChI=1S/C19H21F3N6O2/c1-4-14(26-12-7-25-28(8-12)10(2)3)15-13-5-11(6-23-16(13)27-18(15)30)17(29)24-9-19(20,21)22/h5-8,10,30H,4,9H2,1-3H3,(H,23,27)(H,24,29). The van der Waals surface area contributed by atoms with E-state index in [9.17, 15) is 23.1 Å². The summed E-state index contributed by atoms with van der Waals surface area (Å²) in [6.07, 6.45) is 0.421. The van der Waals surface area contributed by atoms with Crippen molar-refractivity contribution in [2.24, 2.45) is 4.99 Å². The molecule has 0 aliphatic rings. The largest absolute Gasteiger partial charge is 0.494 e. The van der Waals surface area contributed by atoms with Gasteiger partial charge in [-0.2, -0.15) is 18.3 Å². The number of alkyl halides is 3. The molecule has 0 spiro atoms. The fourth-order valence-electron chi connectivity index (χ4n) is 2.89. The molecule has 3 aromatic rings. The second-order valence-electron chi connectivity index (χ2n) is 6.95. The van der Waals surface area contributed by atoms with Crippen LogP contribution in [-0.4, -0.2) is 49.2 Å². The van der Waals surface area contributed by atoms with Gasteiger partial charge in [-0.05, 0) is 26.3 Å². The highest BCUT2D eigenvalue weighted by atomic mass is 19.4. The Hall–Kier alpha value is -3.37. The zero-order valence-corrected chi connectivity index (χ0v) is 16.6. The third kappa shape index (κ3) is 4.61. The zero-order valence-electron chi connectivity index (χ0n) is 16.6. The van der Waals surface area contributed by atoms with Crippen LogP contribution >= 0.6 is 0 Å². The van der Waals surface area contributed by atoms with E-state index in [1.54, 1.807) is 17.1 Å². The maximum atomic E-state index is 12.4. The topological polar surface area (TPSA) is 108 Å². The van der Waals surface area contributed by atoms with Gasteiger partial charge in [-0.3, -0.25) is 9.48 Å². The predicted molar refractivity (Wildman–Crippen MR) is 105 cm³/mol. The highest BCUT2D eigenvalue weighted by molar-refractivity contribution is 6.14. The van der Waals surface area contributed by atoms with Crippen LogP contribution in [0.5, 0.6) is 5.88 Å². The minimum absolute atomic E-state index is 0.0601. The average molecular weight is 422 g/mol. The van der Waals surface area contributed by atoms with Crippen LogP contribution in [0.25, 0.3) is 11.0 Å². The molecule has 0 aliphatic carbocycles. The maximum Gasteiger partial charge on any atom is 0.405 e. The molecule has 0 aliphatic heterocycles. The zero-order chi connectivity index (χ0) is 22.1. The molecule has 0 bridgehead atoms. The maximum absolute atomic E-state index is 12.4. The number of aromatic amines is 1. The summed E-state index contributed by atoms with van der Waals surface area (Å²) in [6, 6.07) is 1.53. The lowest BCUT2D eigenvalue weighted by Crippen LogP contribution is -2.33. The number of carbonyl (C=O) groups excluding carboxylic acids is 1. The molecule has 0 radical (unpaired) electrons. The van der Waals surface area contributed by atoms with Crippen LogP contribution < -0.4 is 5.32 Å². The van der Waals surface area contributed by atoms with Crippen LogP contribution in [-0.2, 0) is 0 Å². The lowest BCUT2D eigenvalue weighted by atomic mass is 10.1. The van der Waals surface area contributed by atoms with E-state index in [2.05, 4.69) is 20.1 Å². The van der Waals surface area contributed by atoms with Crippen molar-refractivity contribution in [2.75, 3.05) is 6.54 Å². The Bertz CT molecular complexity index is 1100. The first-order valence-electron chi connectivity index (χ1n) is 9.26. The van der Waals surface area contributed by atoms with Gasteiger partial charge in [0.1, 0.15) is 17.9 Å². The molecule has 0 atom stereocenters. The lowest BCUT2D eigenvalue weighted by Gasteiger charge is -2.08. The minimum Gasteiger partial charge on any atom is -0.494 e. The summed E-state index contributed by atoms with van der Waals surface area (Å²) in [4.78, 5) is 23.4. The first-order chi connectivity index (χ1) is 14.1. The number of fused-ring (bicyclic) bond motifs is 1. The number of aromatic hydroxyl groups is 1. The van der Waals surface area contributed by atoms with E-state index in [-0.39, 0.29) is 23.1 Å². The SMILES string of the molecule is CCC(=Nc1cnn(C(C)C)c1)c1c(O)[nH]c2ncc(C(=O)NCC(F)(F)F)cc12. The van der Waals surface area contributed by atoms with E-state index in [1.165, 1.54) is 6.07 Å². The van der Waals surface area contributed by atoms with E-state index in [0.717, 1.165) is 6.20 Å². The number of hydrogen-bond donors (Lipinski definition) is 3. The molecule has 3 aromatic heterocycles. The Morgan fingerprint density at radius 1 is 1.37 bits per heavy atom. The van der Waals surface area contributed by atoms with Gasteiger partial charge in [0.15, 0.2) is 5.88 Å². The summed E-state index contributed by atoms with van der Waals surface area (Å²) in [5.74, 6) is -1.11. The molecule has 0 aromatic carbocycles. The highest BCUT2D eigenvalue weighted by Gasteiger charge is 2.28. The van der Waals surface area contributed by atoms with Gasteiger partial charge in [-0.25, -0.2) is 9.98 Å². The number of hydrogen-bond acceptors (Lipinski definition) is 5. The Balaban J connectivity index is 2.00. The van der Waals surface area contributed by atoms with Gasteiger partial charge in [-0.15, -0.1) is 0 Å². The Kier molecular flexibility index (Phi) is 5.81. The summed E-state index contributed by atoms with van der Waals surface area (Å²) >= 11 is 0. The third-order valence-corrected chi connectivity index (χ3v) is 4.35. The number of carbonyl (C=O) groups is 1. The molecule has 1 amide bonds. The van der Waals surface area contributed by atoms with Crippen molar-refractivity contribution in [3.8, 4) is 5.88 Å². The Morgan fingerprint density at radius 2 is 2.10 bits per heavy atom. The van der Waals surface area contributed by atoms with Gasteiger partial charge in [-0.1, -0.05) is 6.92 Å². The fourth-order valence-corrected chi connectivity index (χ4v) is 2.89. The van der Waals surface area contributed by atoms with Gasteiger partial charge < -0.3 is 15.4 Å². The van der Waals surface area contributed by atoms with Crippen molar-refractivity contribution in [3.63, 3.8) is 0 Å². The molecule has 0 unspecified atom stereocenters. The molecule has 30 heavy (non-hydrogen) atoms. The molecule has 3 N–H and O–H groups in total. The van der Waals surface area contributed by atoms with Crippen molar-refractivity contribution >= 4 is 28.3 Å². The van der Waals surface area contributed by atoms with Gasteiger partial charge in [0.05, 0.1) is 29.2 Å². The highest BCUT2D eigenvalue weighted by Crippen LogP contribution is 2.30.